The van der Waals surface area contributed by atoms with Crippen LogP contribution >= 0.6 is 12.2 Å². The first-order valence-corrected chi connectivity index (χ1v) is 7.99. The van der Waals surface area contributed by atoms with Crippen LogP contribution in [0, 0.1) is 0 Å². The molecule has 1 aromatic carbocycles. The molecule has 132 valence electrons. The zero-order chi connectivity index (χ0) is 18.9. The fraction of sp³-hybridized carbons (Fsp3) is 0.167. The average molecular weight is 375 g/mol. The minimum absolute atomic E-state index is 0.0716. The van der Waals surface area contributed by atoms with E-state index in [4.69, 9.17) is 12.2 Å². The first kappa shape index (κ1) is 18.0. The zero-order valence-corrected chi connectivity index (χ0v) is 14.0. The summed E-state index contributed by atoms with van der Waals surface area (Å²) in [4.78, 5) is 12.4. The molecule has 1 aliphatic rings. The summed E-state index contributed by atoms with van der Waals surface area (Å²) in [5, 5.41) is 11.9. The topological polar surface area (TPSA) is 55.3 Å². The molecule has 1 fully saturated rings. The molecule has 0 spiro atoms. The minimum Gasteiger partial charge on any atom is -0.763 e. The van der Waals surface area contributed by atoms with Crippen molar-refractivity contribution in [1.29, 1.82) is 0 Å². The molecule has 26 heavy (non-hydrogen) atoms. The van der Waals surface area contributed by atoms with E-state index in [0.29, 0.717) is 0 Å². The third-order valence-electron chi connectivity index (χ3n) is 4.16. The van der Waals surface area contributed by atoms with E-state index in [1.807, 2.05) is 5.87 Å². The van der Waals surface area contributed by atoms with Gasteiger partial charge in [-0.15, -0.1) is 0 Å². The molecule has 4 nitrogen and oxygen atoms in total. The number of carbonyl (C=O) groups is 1. The van der Waals surface area contributed by atoms with Gasteiger partial charge in [-0.25, -0.2) is 0 Å². The van der Waals surface area contributed by atoms with Crippen molar-refractivity contribution in [2.45, 2.75) is 18.1 Å². The number of carbonyl (C=O) groups excluding carboxylic acids is 1. The van der Waals surface area contributed by atoms with Gasteiger partial charge in [0.2, 0.25) is 6.04 Å². The maximum atomic E-state index is 13.5. The lowest BCUT2D eigenvalue weighted by molar-refractivity contribution is -0.711. The quantitative estimate of drug-likeness (QED) is 0.380. The molecule has 1 amide bonds. The first-order chi connectivity index (χ1) is 12.3. The summed E-state index contributed by atoms with van der Waals surface area (Å²) >= 11 is 5.04. The lowest BCUT2D eigenvalue weighted by Gasteiger charge is -2.31. The van der Waals surface area contributed by atoms with Gasteiger partial charge in [0.15, 0.2) is 12.4 Å². The smallest absolute Gasteiger partial charge is 0.416 e. The Hall–Kier alpha value is -2.83. The summed E-state index contributed by atoms with van der Waals surface area (Å²) in [6, 6.07) is 8.88. The van der Waals surface area contributed by atoms with Crippen LogP contribution in [0.2, 0.25) is 0 Å². The van der Waals surface area contributed by atoms with Gasteiger partial charge in [0.05, 0.1) is 11.5 Å². The van der Waals surface area contributed by atoms with Crippen molar-refractivity contribution in [3.8, 4) is 0 Å². The van der Waals surface area contributed by atoms with E-state index in [-0.39, 0.29) is 16.1 Å². The van der Waals surface area contributed by atoms with Crippen LogP contribution in [0.15, 0.2) is 60.4 Å². The predicted molar refractivity (Wildman–Crippen MR) is 92.5 cm³/mol. The maximum Gasteiger partial charge on any atom is 0.416 e. The van der Waals surface area contributed by atoms with E-state index in [1.165, 1.54) is 22.8 Å². The van der Waals surface area contributed by atoms with Crippen LogP contribution in [-0.4, -0.2) is 16.8 Å². The monoisotopic (exact) mass is 375 g/mol. The molecular weight excluding hydrogens is 363 g/mol. The van der Waals surface area contributed by atoms with Crippen molar-refractivity contribution in [1.82, 2.24) is 5.32 Å². The molecule has 1 saturated heterocycles. The number of rotatable bonds is 2. The second kappa shape index (κ2) is 6.82. The largest absolute Gasteiger partial charge is 0.763 e. The molecule has 0 bridgehead atoms. The molecule has 2 heterocycles. The average Bonchev–Trinajstić information content (AvgIpc) is 2.61. The van der Waals surface area contributed by atoms with Crippen molar-refractivity contribution >= 4 is 29.0 Å². The van der Waals surface area contributed by atoms with E-state index in [0.717, 1.165) is 6.07 Å². The normalized spacial score (nSPS) is 20.5. The standard InChI is InChI=1S/C18H12F3N3OS/c19-18(20,21)13-7-3-2-6-11(13)14-12(10-22)17(26)23-16(25)15(14)24-8-4-1-5-9-24/h1-9,14-15H,(H,23,25,26)/t14-,15+/m0/s1. The van der Waals surface area contributed by atoms with E-state index in [2.05, 4.69) is 5.32 Å². The summed E-state index contributed by atoms with van der Waals surface area (Å²) in [5.41, 5.74) is -1.12. The van der Waals surface area contributed by atoms with Gasteiger partial charge in [0.1, 0.15) is 4.99 Å². The van der Waals surface area contributed by atoms with Gasteiger partial charge in [-0.3, -0.25) is 10.7 Å². The number of nitrogens with one attached hydrogen (secondary N) is 1. The van der Waals surface area contributed by atoms with Gasteiger partial charge in [-0.1, -0.05) is 36.5 Å². The number of pyridine rings is 1. The van der Waals surface area contributed by atoms with E-state index < -0.39 is 29.6 Å². The Labute approximate surface area is 152 Å². The van der Waals surface area contributed by atoms with Crippen LogP contribution in [0.3, 0.4) is 0 Å². The molecule has 1 aromatic heterocycles. The molecule has 2 atom stereocenters. The van der Waals surface area contributed by atoms with Crippen molar-refractivity contribution in [2.24, 2.45) is 0 Å². The highest BCUT2D eigenvalue weighted by Gasteiger charge is 2.48. The molecule has 0 saturated carbocycles. The second-order valence-corrected chi connectivity index (χ2v) is 6.08. The fourth-order valence-electron chi connectivity index (χ4n) is 3.08. The lowest BCUT2D eigenvalue weighted by atomic mass is 9.79. The van der Waals surface area contributed by atoms with Crippen molar-refractivity contribution < 1.29 is 22.5 Å². The third kappa shape index (κ3) is 3.16. The zero-order valence-electron chi connectivity index (χ0n) is 13.2. The Bertz CT molecular complexity index is 921. The molecule has 0 radical (unpaired) electrons. The summed E-state index contributed by atoms with van der Waals surface area (Å²) in [7, 11) is 0. The number of alkyl halides is 3. The number of aromatic nitrogens is 1. The van der Waals surface area contributed by atoms with E-state index >= 15 is 0 Å². The fourth-order valence-corrected chi connectivity index (χ4v) is 3.35. The predicted octanol–water partition coefficient (Wildman–Crippen LogP) is 2.94. The Kier molecular flexibility index (Phi) is 4.71. The molecule has 1 N–H and O–H groups in total. The molecule has 2 aromatic rings. The number of halogens is 3. The van der Waals surface area contributed by atoms with Crippen LogP contribution in [0.4, 0.5) is 13.2 Å². The van der Waals surface area contributed by atoms with Crippen LogP contribution in [0.1, 0.15) is 23.1 Å². The number of piperidine rings is 1. The van der Waals surface area contributed by atoms with Gasteiger partial charge < -0.3 is 10.7 Å². The van der Waals surface area contributed by atoms with E-state index in [1.54, 1.807) is 30.6 Å². The number of thiocarbonyl (C=S) groups is 1. The second-order valence-electron chi connectivity index (χ2n) is 5.67. The van der Waals surface area contributed by atoms with Crippen LogP contribution < -0.4 is 9.88 Å². The summed E-state index contributed by atoms with van der Waals surface area (Å²) in [6.45, 7) is 0. The van der Waals surface area contributed by atoms with Crippen LogP contribution in [0.5, 0.6) is 0 Å². The van der Waals surface area contributed by atoms with Gasteiger partial charge in [-0.05, 0) is 11.6 Å². The van der Waals surface area contributed by atoms with Crippen molar-refractivity contribution in [3.05, 3.63) is 77.0 Å². The number of benzene rings is 1. The highest BCUT2D eigenvalue weighted by molar-refractivity contribution is 7.80. The van der Waals surface area contributed by atoms with Gasteiger partial charge in [-0.2, -0.15) is 17.7 Å². The molecule has 0 unspecified atom stereocenters. The SMILES string of the molecule is [N-]=C=C1C(=S)NC(=O)[C@H]([n+]2ccccc2)[C@H]1c1ccccc1C(F)(F)F. The van der Waals surface area contributed by atoms with Crippen molar-refractivity contribution in [3.63, 3.8) is 0 Å². The van der Waals surface area contributed by atoms with Crippen LogP contribution in [-0.2, 0) is 11.0 Å². The number of nitrogens with zero attached hydrogens (tertiary/aromatic N) is 2. The summed E-state index contributed by atoms with van der Waals surface area (Å²) in [6.07, 6.45) is -1.49. The highest BCUT2D eigenvalue weighted by atomic mass is 32.1. The van der Waals surface area contributed by atoms with Crippen molar-refractivity contribution in [2.75, 3.05) is 0 Å². The lowest BCUT2D eigenvalue weighted by Crippen LogP contribution is -2.56. The van der Waals surface area contributed by atoms with Gasteiger partial charge in [0, 0.05) is 17.7 Å². The highest BCUT2D eigenvalue weighted by Crippen LogP contribution is 2.42. The summed E-state index contributed by atoms with van der Waals surface area (Å²) in [5.74, 6) is 0.172. The Morgan fingerprint density at radius 2 is 1.77 bits per heavy atom. The summed E-state index contributed by atoms with van der Waals surface area (Å²) < 4.78 is 42.1. The molecule has 3 rings (SSSR count). The molecule has 8 heteroatoms. The van der Waals surface area contributed by atoms with Gasteiger partial charge in [0.25, 0.3) is 5.91 Å². The maximum absolute atomic E-state index is 13.5. The third-order valence-corrected chi connectivity index (χ3v) is 4.48. The Morgan fingerprint density at radius 1 is 1.12 bits per heavy atom. The molecule has 0 aliphatic carbocycles. The Balaban J connectivity index is 2.27. The number of hydrogen-bond donors (Lipinski definition) is 1. The minimum atomic E-state index is -4.63. The first-order valence-electron chi connectivity index (χ1n) is 7.58. The van der Waals surface area contributed by atoms with E-state index in [9.17, 15) is 23.4 Å². The van der Waals surface area contributed by atoms with Crippen LogP contribution in [0.25, 0.3) is 5.41 Å². The number of hydrogen-bond acceptors (Lipinski definition) is 2. The molecule has 1 aliphatic heterocycles. The van der Waals surface area contributed by atoms with Gasteiger partial charge >= 0.3 is 6.18 Å². The number of amides is 1. The Morgan fingerprint density at radius 3 is 2.38 bits per heavy atom. The molecular formula is C18H12F3N3OS.